The van der Waals surface area contributed by atoms with E-state index < -0.39 is 0 Å². The number of nitrogens with one attached hydrogen (secondary N) is 1. The molecular weight excluding hydrogens is 352 g/mol. The number of carbonyl (C=O) groups excluding carboxylic acids is 2. The molecule has 1 N–H and O–H groups in total. The lowest BCUT2D eigenvalue weighted by molar-refractivity contribution is -0.137. The third-order valence-corrected chi connectivity index (χ3v) is 5.93. The number of amides is 2. The zero-order valence-corrected chi connectivity index (χ0v) is 17.1. The Bertz CT molecular complexity index is 621. The molecule has 2 fully saturated rings. The highest BCUT2D eigenvalue weighted by molar-refractivity contribution is 5.81. The molecule has 0 spiro atoms. The van der Waals surface area contributed by atoms with Gasteiger partial charge in [0.05, 0.1) is 12.6 Å². The van der Waals surface area contributed by atoms with Gasteiger partial charge < -0.3 is 10.2 Å². The van der Waals surface area contributed by atoms with Crippen molar-refractivity contribution in [2.45, 2.75) is 45.2 Å². The minimum atomic E-state index is -0.0628. The molecule has 1 aromatic rings. The van der Waals surface area contributed by atoms with Crippen molar-refractivity contribution in [3.8, 4) is 0 Å². The molecular formula is C22H34N4O2. The number of carbonyl (C=O) groups is 2. The van der Waals surface area contributed by atoms with Crippen LogP contribution in [0.25, 0.3) is 0 Å². The summed E-state index contributed by atoms with van der Waals surface area (Å²) in [7, 11) is 0. The van der Waals surface area contributed by atoms with Crippen molar-refractivity contribution in [2.75, 3.05) is 45.8 Å². The maximum atomic E-state index is 12.8. The van der Waals surface area contributed by atoms with E-state index in [0.717, 1.165) is 57.7 Å². The van der Waals surface area contributed by atoms with E-state index in [1.54, 1.807) is 0 Å². The first kappa shape index (κ1) is 20.8. The van der Waals surface area contributed by atoms with E-state index in [1.165, 1.54) is 12.8 Å². The zero-order chi connectivity index (χ0) is 19.8. The summed E-state index contributed by atoms with van der Waals surface area (Å²) < 4.78 is 0. The smallest absolute Gasteiger partial charge is 0.239 e. The first-order valence-electron chi connectivity index (χ1n) is 10.7. The van der Waals surface area contributed by atoms with Crippen LogP contribution in [0.3, 0.4) is 0 Å². The van der Waals surface area contributed by atoms with Gasteiger partial charge >= 0.3 is 0 Å². The highest BCUT2D eigenvalue weighted by Gasteiger charge is 2.29. The number of rotatable bonds is 6. The highest BCUT2D eigenvalue weighted by atomic mass is 16.2. The molecule has 1 unspecified atom stereocenters. The molecule has 6 heteroatoms. The molecule has 154 valence electrons. The second kappa shape index (κ2) is 10.6. The second-order valence-electron chi connectivity index (χ2n) is 7.99. The van der Waals surface area contributed by atoms with Crippen LogP contribution < -0.4 is 5.32 Å². The van der Waals surface area contributed by atoms with E-state index in [2.05, 4.69) is 20.0 Å². The van der Waals surface area contributed by atoms with Gasteiger partial charge in [-0.2, -0.15) is 0 Å². The molecule has 2 aliphatic rings. The van der Waals surface area contributed by atoms with Crippen LogP contribution in [0.1, 0.15) is 38.2 Å². The molecule has 2 amide bonds. The van der Waals surface area contributed by atoms with Crippen LogP contribution in [0.5, 0.6) is 0 Å². The van der Waals surface area contributed by atoms with Crippen molar-refractivity contribution in [1.29, 1.82) is 0 Å². The maximum Gasteiger partial charge on any atom is 0.239 e. The fourth-order valence-corrected chi connectivity index (χ4v) is 4.08. The van der Waals surface area contributed by atoms with Crippen molar-refractivity contribution in [2.24, 2.45) is 0 Å². The maximum absolute atomic E-state index is 12.8. The van der Waals surface area contributed by atoms with Gasteiger partial charge in [-0.25, -0.2) is 0 Å². The summed E-state index contributed by atoms with van der Waals surface area (Å²) in [5.74, 6) is 0.335. The Labute approximate surface area is 168 Å². The van der Waals surface area contributed by atoms with E-state index >= 15 is 0 Å². The molecule has 2 saturated heterocycles. The van der Waals surface area contributed by atoms with Crippen molar-refractivity contribution in [1.82, 2.24) is 20.0 Å². The summed E-state index contributed by atoms with van der Waals surface area (Å²) in [5.41, 5.74) is 1.11. The molecule has 3 rings (SSSR count). The number of likely N-dealkylation sites (tertiary alicyclic amines) is 1. The quantitative estimate of drug-likeness (QED) is 0.809. The van der Waals surface area contributed by atoms with Crippen LogP contribution in [-0.4, -0.2) is 78.4 Å². The van der Waals surface area contributed by atoms with Gasteiger partial charge in [-0.1, -0.05) is 43.2 Å². The summed E-state index contributed by atoms with van der Waals surface area (Å²) in [6.07, 6.45) is 4.74. The van der Waals surface area contributed by atoms with Crippen molar-refractivity contribution < 1.29 is 9.59 Å². The summed E-state index contributed by atoms with van der Waals surface area (Å²) in [5, 5.41) is 2.99. The highest BCUT2D eigenvalue weighted by Crippen LogP contribution is 2.14. The minimum Gasteiger partial charge on any atom is -0.351 e. The molecule has 0 aliphatic carbocycles. The Morgan fingerprint density at radius 3 is 2.21 bits per heavy atom. The van der Waals surface area contributed by atoms with Crippen molar-refractivity contribution in [3.63, 3.8) is 0 Å². The lowest BCUT2D eigenvalue weighted by atomic mass is 10.2. The number of nitrogens with zero attached hydrogens (tertiary/aromatic N) is 3. The normalized spacial score (nSPS) is 20.4. The fourth-order valence-electron chi connectivity index (χ4n) is 4.08. The molecule has 28 heavy (non-hydrogen) atoms. The van der Waals surface area contributed by atoms with Gasteiger partial charge in [0.25, 0.3) is 0 Å². The van der Waals surface area contributed by atoms with Crippen LogP contribution in [0, 0.1) is 0 Å². The van der Waals surface area contributed by atoms with Gasteiger partial charge in [0.2, 0.25) is 11.8 Å². The summed E-state index contributed by atoms with van der Waals surface area (Å²) in [6, 6.07) is 9.91. The predicted octanol–water partition coefficient (Wildman–Crippen LogP) is 1.71. The predicted molar refractivity (Wildman–Crippen MR) is 111 cm³/mol. The van der Waals surface area contributed by atoms with Crippen LogP contribution >= 0.6 is 0 Å². The number of benzene rings is 1. The Hall–Kier alpha value is -1.92. The van der Waals surface area contributed by atoms with E-state index in [0.29, 0.717) is 13.1 Å². The zero-order valence-electron chi connectivity index (χ0n) is 17.1. The lowest BCUT2D eigenvalue weighted by Crippen LogP contribution is -2.55. The van der Waals surface area contributed by atoms with E-state index in [9.17, 15) is 9.59 Å². The SMILES string of the molecule is CC(C(=O)N1CCCCCC1)N1CCN(CC(=O)NCc2ccccc2)CC1. The van der Waals surface area contributed by atoms with E-state index in [4.69, 9.17) is 0 Å². The van der Waals surface area contributed by atoms with Gasteiger partial charge in [0, 0.05) is 45.8 Å². The van der Waals surface area contributed by atoms with Gasteiger partial charge in [0.1, 0.15) is 0 Å². The Morgan fingerprint density at radius 1 is 0.929 bits per heavy atom. The molecule has 2 aliphatic heterocycles. The van der Waals surface area contributed by atoms with E-state index in [-0.39, 0.29) is 17.9 Å². The average molecular weight is 387 g/mol. The molecule has 1 aromatic carbocycles. The number of piperazine rings is 1. The Morgan fingerprint density at radius 2 is 1.57 bits per heavy atom. The first-order valence-corrected chi connectivity index (χ1v) is 10.7. The molecule has 6 nitrogen and oxygen atoms in total. The molecule has 0 bridgehead atoms. The Kier molecular flexibility index (Phi) is 7.86. The monoisotopic (exact) mass is 386 g/mol. The molecule has 0 saturated carbocycles. The van der Waals surface area contributed by atoms with Crippen LogP contribution in [0.4, 0.5) is 0 Å². The summed E-state index contributed by atoms with van der Waals surface area (Å²) in [6.45, 7) is 8.19. The standard InChI is InChI=1S/C22H34N4O2/c1-19(22(28)26-11-7-2-3-8-12-26)25-15-13-24(14-16-25)18-21(27)23-17-20-9-5-4-6-10-20/h4-6,9-10,19H,2-3,7-8,11-18H2,1H3,(H,23,27). The molecule has 1 atom stereocenters. The number of hydrogen-bond donors (Lipinski definition) is 1. The summed E-state index contributed by atoms with van der Waals surface area (Å²) in [4.78, 5) is 31.6. The number of hydrogen-bond acceptors (Lipinski definition) is 4. The third kappa shape index (κ3) is 6.04. The Balaban J connectivity index is 1.38. The third-order valence-electron chi connectivity index (χ3n) is 5.93. The lowest BCUT2D eigenvalue weighted by Gasteiger charge is -2.38. The topological polar surface area (TPSA) is 55.9 Å². The molecule has 0 radical (unpaired) electrons. The van der Waals surface area contributed by atoms with Crippen molar-refractivity contribution in [3.05, 3.63) is 35.9 Å². The fraction of sp³-hybridized carbons (Fsp3) is 0.636. The summed E-state index contributed by atoms with van der Waals surface area (Å²) >= 11 is 0. The van der Waals surface area contributed by atoms with Gasteiger partial charge in [-0.05, 0) is 25.3 Å². The van der Waals surface area contributed by atoms with Crippen LogP contribution in [0.15, 0.2) is 30.3 Å². The van der Waals surface area contributed by atoms with Crippen LogP contribution in [-0.2, 0) is 16.1 Å². The average Bonchev–Trinajstić information content (AvgIpc) is 3.02. The first-order chi connectivity index (χ1) is 13.6. The largest absolute Gasteiger partial charge is 0.351 e. The van der Waals surface area contributed by atoms with E-state index in [1.807, 2.05) is 37.3 Å². The van der Waals surface area contributed by atoms with Crippen LogP contribution in [0.2, 0.25) is 0 Å². The van der Waals surface area contributed by atoms with Gasteiger partial charge in [0.15, 0.2) is 0 Å². The second-order valence-corrected chi connectivity index (χ2v) is 7.99. The molecule has 0 aromatic heterocycles. The minimum absolute atomic E-state index is 0.0611. The van der Waals surface area contributed by atoms with Crippen molar-refractivity contribution >= 4 is 11.8 Å². The molecule has 2 heterocycles. The van der Waals surface area contributed by atoms with Gasteiger partial charge in [-0.3, -0.25) is 19.4 Å². The van der Waals surface area contributed by atoms with Gasteiger partial charge in [-0.15, -0.1) is 0 Å².